The highest BCUT2D eigenvalue weighted by Crippen LogP contribution is 2.47. The van der Waals surface area contributed by atoms with E-state index < -0.39 is 0 Å². The van der Waals surface area contributed by atoms with E-state index in [9.17, 15) is 4.79 Å². The SMILES string of the molecule is CC.NNC(=O)C1CC1c1ccc(C2CCCCC2)cc1. The molecule has 0 bridgehead atoms. The maximum atomic E-state index is 11.4. The molecule has 1 aromatic rings. The summed E-state index contributed by atoms with van der Waals surface area (Å²) in [5.74, 6) is 6.37. The van der Waals surface area contributed by atoms with Crippen molar-refractivity contribution in [1.29, 1.82) is 0 Å². The van der Waals surface area contributed by atoms with Gasteiger partial charge in [0.05, 0.1) is 0 Å². The van der Waals surface area contributed by atoms with E-state index in [1.807, 2.05) is 13.8 Å². The fourth-order valence-electron chi connectivity index (χ4n) is 3.41. The van der Waals surface area contributed by atoms with E-state index in [1.54, 1.807) is 0 Å². The molecule has 2 fully saturated rings. The van der Waals surface area contributed by atoms with Crippen LogP contribution in [0.5, 0.6) is 0 Å². The van der Waals surface area contributed by atoms with Crippen LogP contribution >= 0.6 is 0 Å². The first-order chi connectivity index (χ1) is 10.3. The Bertz CT molecular complexity index is 449. The van der Waals surface area contributed by atoms with Crippen LogP contribution in [0.25, 0.3) is 0 Å². The first-order valence-electron chi connectivity index (χ1n) is 8.40. The molecule has 116 valence electrons. The van der Waals surface area contributed by atoms with Gasteiger partial charge in [0.1, 0.15) is 0 Å². The van der Waals surface area contributed by atoms with Gasteiger partial charge in [-0.05, 0) is 42.2 Å². The molecule has 1 amide bonds. The van der Waals surface area contributed by atoms with E-state index in [4.69, 9.17) is 5.84 Å². The van der Waals surface area contributed by atoms with Gasteiger partial charge in [0.2, 0.25) is 5.91 Å². The summed E-state index contributed by atoms with van der Waals surface area (Å²) in [5, 5.41) is 0. The van der Waals surface area contributed by atoms with E-state index in [2.05, 4.69) is 29.7 Å². The summed E-state index contributed by atoms with van der Waals surface area (Å²) in [4.78, 5) is 11.4. The van der Waals surface area contributed by atoms with E-state index >= 15 is 0 Å². The van der Waals surface area contributed by atoms with Crippen LogP contribution in [0.15, 0.2) is 24.3 Å². The molecule has 21 heavy (non-hydrogen) atoms. The van der Waals surface area contributed by atoms with Gasteiger partial charge in [-0.25, -0.2) is 5.84 Å². The van der Waals surface area contributed by atoms with Gasteiger partial charge in [0, 0.05) is 5.92 Å². The Kier molecular flexibility index (Phi) is 5.80. The Morgan fingerprint density at radius 3 is 2.19 bits per heavy atom. The van der Waals surface area contributed by atoms with Gasteiger partial charge in [-0.1, -0.05) is 57.4 Å². The molecule has 3 N–H and O–H groups in total. The van der Waals surface area contributed by atoms with Crippen LogP contribution in [-0.4, -0.2) is 5.91 Å². The molecule has 2 aliphatic rings. The van der Waals surface area contributed by atoms with Crippen molar-refractivity contribution >= 4 is 5.91 Å². The molecular weight excluding hydrogens is 260 g/mol. The summed E-state index contributed by atoms with van der Waals surface area (Å²) in [7, 11) is 0. The lowest BCUT2D eigenvalue weighted by molar-refractivity contribution is -0.122. The second-order valence-corrected chi connectivity index (χ2v) is 5.96. The Hall–Kier alpha value is -1.35. The summed E-state index contributed by atoms with van der Waals surface area (Å²) < 4.78 is 0. The molecule has 2 aliphatic carbocycles. The number of rotatable bonds is 3. The number of amides is 1. The van der Waals surface area contributed by atoms with Crippen LogP contribution in [0.3, 0.4) is 0 Å². The molecule has 3 heteroatoms. The van der Waals surface area contributed by atoms with Gasteiger partial charge in [0.15, 0.2) is 0 Å². The highest BCUT2D eigenvalue weighted by Gasteiger charge is 2.43. The lowest BCUT2D eigenvalue weighted by Crippen LogP contribution is -2.31. The fraction of sp³-hybridized carbons (Fsp3) is 0.611. The van der Waals surface area contributed by atoms with E-state index in [0.717, 1.165) is 12.3 Å². The van der Waals surface area contributed by atoms with Crippen molar-refractivity contribution in [3.8, 4) is 0 Å². The minimum absolute atomic E-state index is 0.0265. The molecule has 2 unspecified atom stereocenters. The van der Waals surface area contributed by atoms with Crippen molar-refractivity contribution in [2.24, 2.45) is 11.8 Å². The maximum Gasteiger partial charge on any atom is 0.237 e. The molecule has 0 saturated heterocycles. The van der Waals surface area contributed by atoms with Gasteiger partial charge in [-0.2, -0.15) is 0 Å². The van der Waals surface area contributed by atoms with Crippen molar-refractivity contribution < 1.29 is 4.79 Å². The summed E-state index contributed by atoms with van der Waals surface area (Å²) in [6.45, 7) is 4.00. The van der Waals surface area contributed by atoms with Crippen molar-refractivity contribution in [3.05, 3.63) is 35.4 Å². The molecule has 3 nitrogen and oxygen atoms in total. The van der Waals surface area contributed by atoms with Gasteiger partial charge in [-0.3, -0.25) is 10.2 Å². The normalized spacial score (nSPS) is 24.7. The van der Waals surface area contributed by atoms with Crippen LogP contribution in [0.4, 0.5) is 0 Å². The number of hydrazine groups is 1. The second-order valence-electron chi connectivity index (χ2n) is 5.96. The monoisotopic (exact) mass is 288 g/mol. The fourth-order valence-corrected chi connectivity index (χ4v) is 3.41. The van der Waals surface area contributed by atoms with E-state index in [-0.39, 0.29) is 11.8 Å². The van der Waals surface area contributed by atoms with E-state index in [1.165, 1.54) is 43.2 Å². The van der Waals surface area contributed by atoms with Crippen molar-refractivity contribution in [3.63, 3.8) is 0 Å². The first-order valence-corrected chi connectivity index (χ1v) is 8.40. The molecule has 3 rings (SSSR count). The topological polar surface area (TPSA) is 55.1 Å². The number of hydrogen-bond acceptors (Lipinski definition) is 2. The maximum absolute atomic E-state index is 11.4. The Labute approximate surface area is 128 Å². The minimum Gasteiger partial charge on any atom is -0.294 e. The lowest BCUT2D eigenvalue weighted by Gasteiger charge is -2.22. The molecule has 0 radical (unpaired) electrons. The molecule has 2 saturated carbocycles. The molecule has 0 heterocycles. The van der Waals surface area contributed by atoms with Crippen LogP contribution in [-0.2, 0) is 4.79 Å². The smallest absolute Gasteiger partial charge is 0.237 e. The third kappa shape index (κ3) is 3.85. The minimum atomic E-state index is -0.0265. The molecule has 1 aromatic carbocycles. The largest absolute Gasteiger partial charge is 0.294 e. The number of carbonyl (C=O) groups is 1. The Morgan fingerprint density at radius 1 is 1.05 bits per heavy atom. The van der Waals surface area contributed by atoms with Crippen molar-refractivity contribution in [2.45, 2.75) is 64.2 Å². The van der Waals surface area contributed by atoms with Crippen LogP contribution in [0.2, 0.25) is 0 Å². The number of benzene rings is 1. The Morgan fingerprint density at radius 2 is 1.62 bits per heavy atom. The second kappa shape index (κ2) is 7.60. The van der Waals surface area contributed by atoms with Crippen LogP contribution in [0, 0.1) is 5.92 Å². The van der Waals surface area contributed by atoms with Crippen molar-refractivity contribution in [1.82, 2.24) is 5.43 Å². The zero-order chi connectivity index (χ0) is 15.2. The standard InChI is InChI=1S/C16H22N2O.C2H6/c17-18-16(19)15-10-14(15)13-8-6-12(7-9-13)11-4-2-1-3-5-11;1-2/h6-9,11,14-15H,1-5,10,17H2,(H,18,19);1-2H3. The lowest BCUT2D eigenvalue weighted by atomic mass is 9.84. The predicted molar refractivity (Wildman–Crippen MR) is 86.8 cm³/mol. The third-order valence-electron chi connectivity index (χ3n) is 4.71. The Balaban J connectivity index is 0.000000774. The number of carbonyl (C=O) groups excluding carboxylic acids is 1. The van der Waals surface area contributed by atoms with Gasteiger partial charge >= 0.3 is 0 Å². The molecule has 0 aromatic heterocycles. The van der Waals surface area contributed by atoms with Crippen LogP contribution in [0.1, 0.15) is 75.3 Å². The number of nitrogens with one attached hydrogen (secondary N) is 1. The van der Waals surface area contributed by atoms with Gasteiger partial charge < -0.3 is 0 Å². The summed E-state index contributed by atoms with van der Waals surface area (Å²) in [6, 6.07) is 8.94. The van der Waals surface area contributed by atoms with Gasteiger partial charge in [-0.15, -0.1) is 0 Å². The highest BCUT2D eigenvalue weighted by atomic mass is 16.2. The molecule has 0 spiro atoms. The molecular formula is C18H28N2O. The van der Waals surface area contributed by atoms with E-state index in [0.29, 0.717) is 5.92 Å². The molecule has 0 aliphatic heterocycles. The first kappa shape index (κ1) is 16.0. The van der Waals surface area contributed by atoms with Crippen molar-refractivity contribution in [2.75, 3.05) is 0 Å². The number of nitrogens with two attached hydrogens (primary N) is 1. The zero-order valence-electron chi connectivity index (χ0n) is 13.3. The number of hydrogen-bond donors (Lipinski definition) is 2. The zero-order valence-corrected chi connectivity index (χ0v) is 13.3. The molecule has 2 atom stereocenters. The predicted octanol–water partition coefficient (Wildman–Crippen LogP) is 3.85. The average molecular weight is 288 g/mol. The third-order valence-corrected chi connectivity index (χ3v) is 4.71. The average Bonchev–Trinajstić information content (AvgIpc) is 3.38. The quantitative estimate of drug-likeness (QED) is 0.504. The van der Waals surface area contributed by atoms with Gasteiger partial charge in [0.25, 0.3) is 0 Å². The summed E-state index contributed by atoms with van der Waals surface area (Å²) >= 11 is 0. The highest BCUT2D eigenvalue weighted by molar-refractivity contribution is 5.82. The summed E-state index contributed by atoms with van der Waals surface area (Å²) in [6.07, 6.45) is 7.74. The summed E-state index contributed by atoms with van der Waals surface area (Å²) in [5.41, 5.74) is 5.01. The van der Waals surface area contributed by atoms with Crippen LogP contribution < -0.4 is 11.3 Å².